The molecule has 0 bridgehead atoms. The maximum Gasteiger partial charge on any atom is 0.329 e. The standard InChI is InChI=1S/C20H17ClO2S/c1-13(21)20(22)23-19-17-6-4-3-5-14(17)9-12-18(19)15-7-10-16(24-2)11-8-15/h3-13H,1-2H3. The first kappa shape index (κ1) is 16.9. The van der Waals surface area contributed by atoms with E-state index >= 15 is 0 Å². The van der Waals surface area contributed by atoms with E-state index in [9.17, 15) is 4.79 Å². The molecule has 0 aliphatic rings. The number of carbonyl (C=O) groups is 1. The van der Waals surface area contributed by atoms with Gasteiger partial charge in [-0.25, -0.2) is 0 Å². The minimum Gasteiger partial charge on any atom is -0.424 e. The summed E-state index contributed by atoms with van der Waals surface area (Å²) in [6, 6.07) is 20.1. The molecule has 3 rings (SSSR count). The van der Waals surface area contributed by atoms with Crippen molar-refractivity contribution in [1.82, 2.24) is 0 Å². The summed E-state index contributed by atoms with van der Waals surface area (Å²) in [5, 5.41) is 1.22. The van der Waals surface area contributed by atoms with Crippen LogP contribution < -0.4 is 4.74 Å². The number of hydrogen-bond acceptors (Lipinski definition) is 3. The molecule has 3 aromatic rings. The Labute approximate surface area is 150 Å². The fourth-order valence-electron chi connectivity index (χ4n) is 2.53. The maximum absolute atomic E-state index is 12.1. The fourth-order valence-corrected chi connectivity index (χ4v) is 2.99. The molecular formula is C20H17ClO2S. The van der Waals surface area contributed by atoms with E-state index in [0.717, 1.165) is 21.9 Å². The predicted octanol–water partition coefficient (Wildman–Crippen LogP) is 5.76. The van der Waals surface area contributed by atoms with Crippen LogP contribution in [0.4, 0.5) is 0 Å². The molecule has 0 aliphatic carbocycles. The molecule has 4 heteroatoms. The molecule has 0 N–H and O–H groups in total. The van der Waals surface area contributed by atoms with E-state index in [1.165, 1.54) is 4.90 Å². The third-order valence-electron chi connectivity index (χ3n) is 3.81. The quantitative estimate of drug-likeness (QED) is 0.257. The lowest BCUT2D eigenvalue weighted by Gasteiger charge is -2.14. The van der Waals surface area contributed by atoms with Gasteiger partial charge in [0.1, 0.15) is 11.1 Å². The van der Waals surface area contributed by atoms with Crippen LogP contribution >= 0.6 is 23.4 Å². The van der Waals surface area contributed by atoms with Gasteiger partial charge in [-0.05, 0) is 42.3 Å². The second-order valence-corrected chi connectivity index (χ2v) is 6.96. The Morgan fingerprint density at radius 1 is 1.04 bits per heavy atom. The molecule has 24 heavy (non-hydrogen) atoms. The molecule has 1 atom stereocenters. The van der Waals surface area contributed by atoms with Crippen LogP contribution in [0.3, 0.4) is 0 Å². The lowest BCUT2D eigenvalue weighted by atomic mass is 9.99. The van der Waals surface area contributed by atoms with Crippen molar-refractivity contribution in [3.63, 3.8) is 0 Å². The molecule has 0 aliphatic heterocycles. The normalized spacial score (nSPS) is 12.1. The molecule has 122 valence electrons. The van der Waals surface area contributed by atoms with Crippen LogP contribution in [0.5, 0.6) is 5.75 Å². The highest BCUT2D eigenvalue weighted by molar-refractivity contribution is 7.98. The highest BCUT2D eigenvalue weighted by Crippen LogP contribution is 2.37. The van der Waals surface area contributed by atoms with Gasteiger partial charge in [-0.15, -0.1) is 23.4 Å². The molecule has 0 spiro atoms. The van der Waals surface area contributed by atoms with Crippen molar-refractivity contribution in [1.29, 1.82) is 0 Å². The van der Waals surface area contributed by atoms with Gasteiger partial charge in [-0.1, -0.05) is 42.5 Å². The molecule has 0 saturated carbocycles. The molecule has 0 fully saturated rings. The minimum absolute atomic E-state index is 0.449. The lowest BCUT2D eigenvalue weighted by Crippen LogP contribution is -2.18. The summed E-state index contributed by atoms with van der Waals surface area (Å²) in [7, 11) is 0. The van der Waals surface area contributed by atoms with Gasteiger partial charge in [0, 0.05) is 15.8 Å². The zero-order valence-corrected chi connectivity index (χ0v) is 15.0. The van der Waals surface area contributed by atoms with Crippen molar-refractivity contribution in [2.24, 2.45) is 0 Å². The average molecular weight is 357 g/mol. The number of ether oxygens (including phenoxy) is 1. The lowest BCUT2D eigenvalue weighted by molar-refractivity contribution is -0.133. The summed E-state index contributed by atoms with van der Waals surface area (Å²) >= 11 is 7.58. The summed E-state index contributed by atoms with van der Waals surface area (Å²) < 4.78 is 5.66. The van der Waals surface area contributed by atoms with E-state index in [0.29, 0.717) is 5.75 Å². The zero-order valence-electron chi connectivity index (χ0n) is 13.5. The number of alkyl halides is 1. The topological polar surface area (TPSA) is 26.3 Å². The van der Waals surface area contributed by atoms with E-state index in [1.807, 2.05) is 54.8 Å². The Hall–Kier alpha value is -1.97. The highest BCUT2D eigenvalue weighted by Gasteiger charge is 2.18. The molecule has 0 aromatic heterocycles. The monoisotopic (exact) mass is 356 g/mol. The Kier molecular flexibility index (Phi) is 5.12. The first-order chi connectivity index (χ1) is 11.6. The van der Waals surface area contributed by atoms with E-state index in [-0.39, 0.29) is 0 Å². The Morgan fingerprint density at radius 2 is 1.75 bits per heavy atom. The summed E-state index contributed by atoms with van der Waals surface area (Å²) in [6.45, 7) is 1.61. The van der Waals surface area contributed by atoms with Crippen LogP contribution in [0.1, 0.15) is 6.92 Å². The largest absolute Gasteiger partial charge is 0.424 e. The Bertz CT molecular complexity index is 872. The number of hydrogen-bond donors (Lipinski definition) is 0. The first-order valence-corrected chi connectivity index (χ1v) is 9.28. The van der Waals surface area contributed by atoms with Gasteiger partial charge < -0.3 is 4.74 Å². The van der Waals surface area contributed by atoms with Gasteiger partial charge in [0.05, 0.1) is 0 Å². The van der Waals surface area contributed by atoms with Crippen molar-refractivity contribution in [3.8, 4) is 16.9 Å². The van der Waals surface area contributed by atoms with Crippen molar-refractivity contribution >= 4 is 40.1 Å². The van der Waals surface area contributed by atoms with Gasteiger partial charge in [-0.2, -0.15) is 0 Å². The number of fused-ring (bicyclic) bond motifs is 1. The maximum atomic E-state index is 12.1. The SMILES string of the molecule is CSc1ccc(-c2ccc3ccccc3c2OC(=O)C(C)Cl)cc1. The van der Waals surface area contributed by atoms with Crippen LogP contribution in [-0.4, -0.2) is 17.6 Å². The molecular weight excluding hydrogens is 340 g/mol. The number of rotatable bonds is 4. The molecule has 1 unspecified atom stereocenters. The number of halogens is 1. The van der Waals surface area contributed by atoms with Crippen LogP contribution in [0.2, 0.25) is 0 Å². The van der Waals surface area contributed by atoms with Crippen LogP contribution in [-0.2, 0) is 4.79 Å². The smallest absolute Gasteiger partial charge is 0.329 e. The molecule has 0 radical (unpaired) electrons. The predicted molar refractivity (Wildman–Crippen MR) is 102 cm³/mol. The Balaban J connectivity index is 2.16. The van der Waals surface area contributed by atoms with Crippen molar-refractivity contribution in [3.05, 3.63) is 60.7 Å². The number of benzene rings is 3. The van der Waals surface area contributed by atoms with E-state index < -0.39 is 11.3 Å². The molecule has 0 heterocycles. The summed E-state index contributed by atoms with van der Waals surface area (Å²) in [5.41, 5.74) is 1.88. The molecule has 2 nitrogen and oxygen atoms in total. The first-order valence-electron chi connectivity index (χ1n) is 7.62. The third kappa shape index (κ3) is 3.42. The zero-order chi connectivity index (χ0) is 17.1. The summed E-state index contributed by atoms with van der Waals surface area (Å²) in [4.78, 5) is 13.3. The second-order valence-electron chi connectivity index (χ2n) is 5.43. The van der Waals surface area contributed by atoms with Gasteiger partial charge in [0.25, 0.3) is 0 Å². The number of thioether (sulfide) groups is 1. The van der Waals surface area contributed by atoms with Crippen LogP contribution in [0, 0.1) is 0 Å². The van der Waals surface area contributed by atoms with E-state index in [4.69, 9.17) is 16.3 Å². The van der Waals surface area contributed by atoms with Gasteiger partial charge in [0.2, 0.25) is 0 Å². The van der Waals surface area contributed by atoms with Crippen molar-refractivity contribution in [2.75, 3.05) is 6.26 Å². The average Bonchev–Trinajstić information content (AvgIpc) is 2.62. The third-order valence-corrected chi connectivity index (χ3v) is 4.73. The van der Waals surface area contributed by atoms with E-state index in [2.05, 4.69) is 12.1 Å². The van der Waals surface area contributed by atoms with Gasteiger partial charge >= 0.3 is 5.97 Å². The highest BCUT2D eigenvalue weighted by atomic mass is 35.5. The Morgan fingerprint density at radius 3 is 2.42 bits per heavy atom. The molecule has 0 saturated heterocycles. The second kappa shape index (κ2) is 7.29. The molecule has 3 aromatic carbocycles. The summed E-state index contributed by atoms with van der Waals surface area (Å²) in [6.07, 6.45) is 2.04. The number of esters is 1. The molecule has 0 amide bonds. The van der Waals surface area contributed by atoms with Gasteiger partial charge in [0.15, 0.2) is 0 Å². The van der Waals surface area contributed by atoms with Crippen LogP contribution in [0.15, 0.2) is 65.6 Å². The van der Waals surface area contributed by atoms with Gasteiger partial charge in [-0.3, -0.25) is 4.79 Å². The minimum atomic E-state index is -0.698. The fraction of sp³-hybridized carbons (Fsp3) is 0.150. The van der Waals surface area contributed by atoms with Crippen LogP contribution in [0.25, 0.3) is 21.9 Å². The van der Waals surface area contributed by atoms with E-state index in [1.54, 1.807) is 18.7 Å². The summed E-state index contributed by atoms with van der Waals surface area (Å²) in [5.74, 6) is 0.109. The van der Waals surface area contributed by atoms with Crippen molar-refractivity contribution < 1.29 is 9.53 Å². The number of carbonyl (C=O) groups excluding carboxylic acids is 1. The van der Waals surface area contributed by atoms with Crippen molar-refractivity contribution in [2.45, 2.75) is 17.2 Å².